The molecule has 0 radical (unpaired) electrons. The highest BCUT2D eigenvalue weighted by atomic mass is 16.7. The molecule has 0 spiro atoms. The van der Waals surface area contributed by atoms with Gasteiger partial charge in [-0.1, -0.05) is 0 Å². The fourth-order valence-electron chi connectivity index (χ4n) is 0.357. The van der Waals surface area contributed by atoms with Crippen molar-refractivity contribution in [2.75, 3.05) is 21.3 Å². The van der Waals surface area contributed by atoms with E-state index in [1.54, 1.807) is 0 Å². The smallest absolute Gasteiger partial charge is 0.379 e. The van der Waals surface area contributed by atoms with Crippen LogP contribution in [0.2, 0.25) is 0 Å². The van der Waals surface area contributed by atoms with Crippen molar-refractivity contribution in [3.8, 4) is 0 Å². The zero-order chi connectivity index (χ0) is 12.3. The summed E-state index contributed by atoms with van der Waals surface area (Å²) in [5.74, 6) is -2.97. The van der Waals surface area contributed by atoms with Crippen LogP contribution in [-0.4, -0.2) is 39.3 Å². The first-order chi connectivity index (χ1) is 6.66. The third kappa shape index (κ3) is 2.65. The predicted molar refractivity (Wildman–Crippen MR) is 34.8 cm³/mol. The van der Waals surface area contributed by atoms with Crippen LogP contribution < -0.4 is 0 Å². The summed E-state index contributed by atoms with van der Waals surface area (Å²) in [4.78, 5) is 21.9. The quantitative estimate of drug-likeness (QED) is 0.315. The molecule has 0 saturated heterocycles. The van der Waals surface area contributed by atoms with Gasteiger partial charge in [-0.15, -0.1) is 0 Å². The van der Waals surface area contributed by atoms with Crippen LogP contribution in [0.1, 0.15) is 5.48 Å². The summed E-state index contributed by atoms with van der Waals surface area (Å²) in [5.41, 5.74) is 0. The van der Waals surface area contributed by atoms with Gasteiger partial charge >= 0.3 is 5.97 Å². The molecule has 0 amide bonds. The molecule has 0 saturated carbocycles. The Balaban J connectivity index is 4.86. The molecule has 0 rings (SSSR count). The number of hydrogen-bond donors (Lipinski definition) is 0. The van der Waals surface area contributed by atoms with Crippen molar-refractivity contribution in [3.63, 3.8) is 0 Å². The third-order valence-electron chi connectivity index (χ3n) is 0.834. The molecule has 0 aromatic carbocycles. The lowest BCUT2D eigenvalue weighted by Crippen LogP contribution is -2.32. The highest BCUT2D eigenvalue weighted by molar-refractivity contribution is 6.34. The number of esters is 1. The van der Waals surface area contributed by atoms with E-state index in [0.717, 1.165) is 14.2 Å². The van der Waals surface area contributed by atoms with E-state index in [4.69, 9.17) is 5.48 Å². The van der Waals surface area contributed by atoms with Gasteiger partial charge in [0.05, 0.1) is 11.2 Å². The minimum atomic E-state index is -3.04. The summed E-state index contributed by atoms with van der Waals surface area (Å²) < 4.78 is 39.6. The SMILES string of the molecule is [2H]C([2H])([2H])OC([2H])(OC)C(=O)C(=O)OC. The minimum Gasteiger partial charge on any atom is -0.463 e. The summed E-state index contributed by atoms with van der Waals surface area (Å²) in [5, 5.41) is 0. The number of ketones is 1. The van der Waals surface area contributed by atoms with Crippen LogP contribution in [0.3, 0.4) is 0 Å². The molecule has 0 aromatic rings. The second-order valence-corrected chi connectivity index (χ2v) is 1.41. The first kappa shape index (κ1) is 4.84. The summed E-state index contributed by atoms with van der Waals surface area (Å²) in [7, 11) is -1.27. The molecule has 0 aliphatic rings. The molecule has 0 N–H and O–H groups in total. The zero-order valence-electron chi connectivity index (χ0n) is 10.0. The van der Waals surface area contributed by atoms with E-state index in [2.05, 4.69) is 14.2 Å². The van der Waals surface area contributed by atoms with Crippen molar-refractivity contribution in [1.82, 2.24) is 0 Å². The van der Waals surface area contributed by atoms with E-state index in [-0.39, 0.29) is 0 Å². The summed E-state index contributed by atoms with van der Waals surface area (Å²) in [6.45, 7) is 0. The van der Waals surface area contributed by atoms with Gasteiger partial charge in [-0.2, -0.15) is 0 Å². The molecule has 0 aliphatic heterocycles. The Kier molecular flexibility index (Phi) is 2.12. The maximum Gasteiger partial charge on any atom is 0.379 e. The Bertz CT molecular complexity index is 263. The van der Waals surface area contributed by atoms with Gasteiger partial charge in [-0.05, 0) is 0 Å². The molecule has 1 unspecified atom stereocenters. The van der Waals surface area contributed by atoms with Crippen LogP contribution in [-0.2, 0) is 23.8 Å². The van der Waals surface area contributed by atoms with Gasteiger partial charge < -0.3 is 14.2 Å². The molecular weight excluding hydrogens is 152 g/mol. The normalized spacial score (nSPS) is 21.6. The van der Waals surface area contributed by atoms with Crippen molar-refractivity contribution in [1.29, 1.82) is 0 Å². The molecular formula is C6H10O5. The van der Waals surface area contributed by atoms with E-state index < -0.39 is 25.1 Å². The van der Waals surface area contributed by atoms with Gasteiger partial charge in [0.1, 0.15) is 1.37 Å². The molecule has 0 aromatic heterocycles. The van der Waals surface area contributed by atoms with Gasteiger partial charge in [0.15, 0.2) is 0 Å². The summed E-state index contributed by atoms with van der Waals surface area (Å²) in [6, 6.07) is 0. The number of methoxy groups -OCH3 is 3. The van der Waals surface area contributed by atoms with E-state index in [1.807, 2.05) is 0 Å². The average Bonchev–Trinajstić information content (AvgIpc) is 2.12. The Morgan fingerprint density at radius 2 is 2.09 bits per heavy atom. The molecule has 0 aliphatic carbocycles. The second-order valence-electron chi connectivity index (χ2n) is 1.41. The summed E-state index contributed by atoms with van der Waals surface area (Å²) >= 11 is 0. The fourth-order valence-corrected chi connectivity index (χ4v) is 0.357. The molecule has 5 heteroatoms. The van der Waals surface area contributed by atoms with Crippen LogP contribution in [0, 0.1) is 0 Å². The number of hydrogen-bond acceptors (Lipinski definition) is 5. The van der Waals surface area contributed by atoms with E-state index >= 15 is 0 Å². The van der Waals surface area contributed by atoms with E-state index in [1.165, 1.54) is 0 Å². The Morgan fingerprint density at radius 3 is 2.45 bits per heavy atom. The number of rotatable bonds is 4. The monoisotopic (exact) mass is 166 g/mol. The number of ether oxygens (including phenoxy) is 3. The van der Waals surface area contributed by atoms with Crippen LogP contribution in [0.4, 0.5) is 0 Å². The highest BCUT2D eigenvalue weighted by Crippen LogP contribution is 1.94. The lowest BCUT2D eigenvalue weighted by molar-refractivity contribution is -0.171. The van der Waals surface area contributed by atoms with Gasteiger partial charge in [0.25, 0.3) is 5.78 Å². The van der Waals surface area contributed by atoms with Gasteiger partial charge in [0, 0.05) is 14.1 Å². The fraction of sp³-hybridized carbons (Fsp3) is 0.667. The van der Waals surface area contributed by atoms with Crippen LogP contribution >= 0.6 is 0 Å². The first-order valence-corrected chi connectivity index (χ1v) is 2.54. The van der Waals surface area contributed by atoms with Gasteiger partial charge in [-0.3, -0.25) is 4.79 Å². The van der Waals surface area contributed by atoms with Crippen molar-refractivity contribution >= 4 is 11.8 Å². The molecule has 0 bridgehead atoms. The van der Waals surface area contributed by atoms with Crippen LogP contribution in [0.15, 0.2) is 0 Å². The highest BCUT2D eigenvalue weighted by Gasteiger charge is 2.25. The first-order valence-electron chi connectivity index (χ1n) is 4.54. The largest absolute Gasteiger partial charge is 0.463 e. The molecule has 5 nitrogen and oxygen atoms in total. The summed E-state index contributed by atoms with van der Waals surface area (Å²) in [6.07, 6.45) is -2.92. The van der Waals surface area contributed by atoms with E-state index in [9.17, 15) is 9.59 Å². The molecule has 0 fully saturated rings. The van der Waals surface area contributed by atoms with Crippen molar-refractivity contribution in [2.24, 2.45) is 0 Å². The van der Waals surface area contributed by atoms with E-state index in [0.29, 0.717) is 0 Å². The maximum absolute atomic E-state index is 11.1. The Morgan fingerprint density at radius 1 is 1.45 bits per heavy atom. The topological polar surface area (TPSA) is 61.8 Å². The lowest BCUT2D eigenvalue weighted by atomic mass is 10.4. The second kappa shape index (κ2) is 4.81. The van der Waals surface area contributed by atoms with Crippen LogP contribution in [0.25, 0.3) is 0 Å². The number of carbonyl (C=O) groups is 2. The van der Waals surface area contributed by atoms with Crippen molar-refractivity contribution < 1.29 is 29.3 Å². The Labute approximate surface area is 69.8 Å². The zero-order valence-corrected chi connectivity index (χ0v) is 6.04. The standard InChI is InChI=1S/C6H10O5/c1-9-5(8)4(7)6(10-2)11-3/h6H,1-3H3/i2D3,6D. The lowest BCUT2D eigenvalue weighted by Gasteiger charge is -2.09. The molecule has 11 heavy (non-hydrogen) atoms. The third-order valence-corrected chi connectivity index (χ3v) is 0.834. The number of Topliss-reactive ketones (excluding diaryl/α,β-unsaturated/α-hetero) is 1. The Hall–Kier alpha value is -0.940. The van der Waals surface area contributed by atoms with Crippen LogP contribution in [0.5, 0.6) is 0 Å². The number of carbonyl (C=O) groups excluding carboxylic acids is 2. The average molecular weight is 166 g/mol. The van der Waals surface area contributed by atoms with Crippen molar-refractivity contribution in [3.05, 3.63) is 0 Å². The molecule has 1 atom stereocenters. The molecule has 64 valence electrons. The minimum absolute atomic E-state index is 0.861. The molecule has 0 heterocycles. The van der Waals surface area contributed by atoms with Gasteiger partial charge in [-0.25, -0.2) is 4.79 Å². The maximum atomic E-state index is 11.1. The predicted octanol–water partition coefficient (Wildman–Crippen LogP) is -0.653. The van der Waals surface area contributed by atoms with Crippen molar-refractivity contribution in [2.45, 2.75) is 6.27 Å². The van der Waals surface area contributed by atoms with Gasteiger partial charge in [0.2, 0.25) is 6.27 Å².